The highest BCUT2D eigenvalue weighted by Gasteiger charge is 2.26. The van der Waals surface area contributed by atoms with Crippen molar-refractivity contribution in [3.05, 3.63) is 78.1 Å². The first kappa shape index (κ1) is 18.4. The summed E-state index contributed by atoms with van der Waals surface area (Å²) in [5.41, 5.74) is 2.42. The lowest BCUT2D eigenvalue weighted by Gasteiger charge is -2.21. The van der Waals surface area contributed by atoms with E-state index in [9.17, 15) is 4.79 Å². The number of hydrogen-bond acceptors (Lipinski definition) is 6. The number of aromatic nitrogens is 2. The van der Waals surface area contributed by atoms with E-state index in [1.165, 1.54) is 0 Å². The van der Waals surface area contributed by atoms with E-state index in [1.54, 1.807) is 35.1 Å². The number of hydrogen-bond donors (Lipinski definition) is 0. The average Bonchev–Trinajstić information content (AvgIpc) is 3.44. The lowest BCUT2D eigenvalue weighted by atomic mass is 10.1. The van der Waals surface area contributed by atoms with Gasteiger partial charge in [0.05, 0.1) is 17.5 Å². The summed E-state index contributed by atoms with van der Waals surface area (Å²) < 4.78 is 10.6. The fraction of sp³-hybridized carbons (Fsp3) is 0.0870. The third kappa shape index (κ3) is 3.33. The van der Waals surface area contributed by atoms with E-state index in [0.717, 1.165) is 21.0 Å². The summed E-state index contributed by atoms with van der Waals surface area (Å²) in [6, 6.07) is 17.2. The predicted molar refractivity (Wildman–Crippen MR) is 115 cm³/mol. The van der Waals surface area contributed by atoms with Crippen LogP contribution in [0.25, 0.3) is 23.5 Å². The van der Waals surface area contributed by atoms with Crippen LogP contribution in [0.15, 0.2) is 79.6 Å². The molecule has 0 radical (unpaired) electrons. The summed E-state index contributed by atoms with van der Waals surface area (Å²) in [7, 11) is 0. The standard InChI is InChI=1S/C23H17N3O3S/c1-2-26-18-11-9-15(14-20(18)30-19-8-4-3-7-17(19)23(26)27)22-24-21(29-25-22)12-10-16-6-5-13-28-16/h3-14H,2H2,1H3/b12-10+. The molecule has 0 aliphatic carbocycles. The first-order valence-corrected chi connectivity index (χ1v) is 10.3. The Hall–Kier alpha value is -3.58. The van der Waals surface area contributed by atoms with Crippen LogP contribution in [-0.4, -0.2) is 22.6 Å². The summed E-state index contributed by atoms with van der Waals surface area (Å²) in [4.78, 5) is 21.2. The molecule has 0 spiro atoms. The molecule has 0 N–H and O–H groups in total. The number of benzene rings is 2. The van der Waals surface area contributed by atoms with Crippen LogP contribution in [0.5, 0.6) is 0 Å². The van der Waals surface area contributed by atoms with E-state index in [1.807, 2.05) is 61.5 Å². The fourth-order valence-corrected chi connectivity index (χ4v) is 4.45. The summed E-state index contributed by atoms with van der Waals surface area (Å²) in [6.45, 7) is 2.56. The monoisotopic (exact) mass is 415 g/mol. The van der Waals surface area contributed by atoms with Gasteiger partial charge in [0.2, 0.25) is 5.82 Å². The van der Waals surface area contributed by atoms with E-state index >= 15 is 0 Å². The highest BCUT2D eigenvalue weighted by Crippen LogP contribution is 2.42. The maximum atomic E-state index is 13.0. The summed E-state index contributed by atoms with van der Waals surface area (Å²) in [6.07, 6.45) is 5.09. The molecule has 0 unspecified atom stereocenters. The van der Waals surface area contributed by atoms with Crippen molar-refractivity contribution in [1.29, 1.82) is 0 Å². The molecule has 5 rings (SSSR count). The average molecular weight is 415 g/mol. The van der Waals surface area contributed by atoms with Crippen LogP contribution >= 0.6 is 11.8 Å². The first-order chi connectivity index (χ1) is 14.7. The van der Waals surface area contributed by atoms with Crippen molar-refractivity contribution in [2.45, 2.75) is 16.7 Å². The molecule has 148 valence electrons. The summed E-state index contributed by atoms with van der Waals surface area (Å²) in [5, 5.41) is 4.10. The summed E-state index contributed by atoms with van der Waals surface area (Å²) >= 11 is 1.58. The van der Waals surface area contributed by atoms with Crippen molar-refractivity contribution >= 4 is 35.5 Å². The third-order valence-electron chi connectivity index (χ3n) is 4.78. The Kier molecular flexibility index (Phi) is 4.72. The van der Waals surface area contributed by atoms with Gasteiger partial charge in [-0.3, -0.25) is 4.79 Å². The van der Waals surface area contributed by atoms with Gasteiger partial charge in [-0.25, -0.2) is 0 Å². The Morgan fingerprint density at radius 2 is 1.97 bits per heavy atom. The number of carbonyl (C=O) groups excluding carboxylic acids is 1. The molecule has 0 bridgehead atoms. The van der Waals surface area contributed by atoms with Crippen LogP contribution in [0.2, 0.25) is 0 Å². The molecule has 0 saturated heterocycles. The molecule has 4 aromatic rings. The molecule has 1 aliphatic rings. The Morgan fingerprint density at radius 3 is 2.80 bits per heavy atom. The van der Waals surface area contributed by atoms with Crippen LogP contribution in [-0.2, 0) is 0 Å². The van der Waals surface area contributed by atoms with Crippen LogP contribution < -0.4 is 4.90 Å². The van der Waals surface area contributed by atoms with E-state index in [-0.39, 0.29) is 5.91 Å². The SMILES string of the molecule is CCN1C(=O)c2ccccc2Sc2cc(-c3noc(/C=C/c4ccco4)n3)ccc21. The van der Waals surface area contributed by atoms with Crippen LogP contribution in [0.1, 0.15) is 28.9 Å². The molecule has 6 nitrogen and oxygen atoms in total. The Morgan fingerprint density at radius 1 is 1.07 bits per heavy atom. The molecular weight excluding hydrogens is 398 g/mol. The predicted octanol–water partition coefficient (Wildman–Crippen LogP) is 5.63. The molecule has 2 aromatic heterocycles. The minimum Gasteiger partial charge on any atom is -0.465 e. The smallest absolute Gasteiger partial charge is 0.259 e. The largest absolute Gasteiger partial charge is 0.465 e. The third-order valence-corrected chi connectivity index (χ3v) is 5.91. The fourth-order valence-electron chi connectivity index (χ4n) is 3.34. The van der Waals surface area contributed by atoms with Gasteiger partial charge in [0, 0.05) is 28.0 Å². The second-order valence-electron chi connectivity index (χ2n) is 6.64. The van der Waals surface area contributed by atoms with Crippen LogP contribution in [0.4, 0.5) is 5.69 Å². The van der Waals surface area contributed by atoms with Crippen molar-refractivity contribution < 1.29 is 13.7 Å². The summed E-state index contributed by atoms with van der Waals surface area (Å²) in [5.74, 6) is 1.60. The van der Waals surface area contributed by atoms with E-state index in [4.69, 9.17) is 8.94 Å². The second-order valence-corrected chi connectivity index (χ2v) is 7.72. The zero-order valence-corrected chi connectivity index (χ0v) is 16.9. The van der Waals surface area contributed by atoms with Gasteiger partial charge >= 0.3 is 0 Å². The maximum absolute atomic E-state index is 13.0. The normalized spacial score (nSPS) is 13.4. The van der Waals surface area contributed by atoms with Crippen molar-refractivity contribution in [1.82, 2.24) is 10.1 Å². The van der Waals surface area contributed by atoms with E-state index < -0.39 is 0 Å². The van der Waals surface area contributed by atoms with Gasteiger partial charge in [-0.15, -0.1) is 0 Å². The zero-order valence-electron chi connectivity index (χ0n) is 16.1. The molecule has 0 saturated carbocycles. The maximum Gasteiger partial charge on any atom is 0.259 e. The van der Waals surface area contributed by atoms with E-state index in [0.29, 0.717) is 29.6 Å². The van der Waals surface area contributed by atoms with Crippen LogP contribution in [0.3, 0.4) is 0 Å². The molecule has 0 atom stereocenters. The molecule has 2 aromatic carbocycles. The highest BCUT2D eigenvalue weighted by atomic mass is 32.2. The van der Waals surface area contributed by atoms with Crippen molar-refractivity contribution in [2.24, 2.45) is 0 Å². The first-order valence-electron chi connectivity index (χ1n) is 9.51. The van der Waals surface area contributed by atoms with Gasteiger partial charge in [0.25, 0.3) is 11.8 Å². The number of nitrogens with zero attached hydrogens (tertiary/aromatic N) is 3. The molecule has 3 heterocycles. The second kappa shape index (κ2) is 7.68. The van der Waals surface area contributed by atoms with Gasteiger partial charge in [0.1, 0.15) is 5.76 Å². The number of furan rings is 1. The van der Waals surface area contributed by atoms with Gasteiger partial charge in [0.15, 0.2) is 0 Å². The Balaban J connectivity index is 1.50. The molecule has 1 amide bonds. The van der Waals surface area contributed by atoms with E-state index in [2.05, 4.69) is 10.1 Å². The lowest BCUT2D eigenvalue weighted by molar-refractivity contribution is 0.0985. The minimum atomic E-state index is 0.0111. The number of fused-ring (bicyclic) bond motifs is 2. The van der Waals surface area contributed by atoms with Crippen LogP contribution in [0, 0.1) is 0 Å². The number of anilines is 1. The minimum absolute atomic E-state index is 0.0111. The molecule has 30 heavy (non-hydrogen) atoms. The van der Waals surface area contributed by atoms with Crippen molar-refractivity contribution in [3.8, 4) is 11.4 Å². The number of amides is 1. The van der Waals surface area contributed by atoms with Gasteiger partial charge < -0.3 is 13.8 Å². The zero-order chi connectivity index (χ0) is 20.5. The lowest BCUT2D eigenvalue weighted by Crippen LogP contribution is -2.30. The van der Waals surface area contributed by atoms with Crippen molar-refractivity contribution in [2.75, 3.05) is 11.4 Å². The number of carbonyl (C=O) groups is 1. The van der Waals surface area contributed by atoms with Gasteiger partial charge in [-0.1, -0.05) is 29.1 Å². The quantitative estimate of drug-likeness (QED) is 0.430. The number of rotatable bonds is 4. The Bertz CT molecular complexity index is 1240. The van der Waals surface area contributed by atoms with Crippen molar-refractivity contribution in [3.63, 3.8) is 0 Å². The van der Waals surface area contributed by atoms with Gasteiger partial charge in [-0.05, 0) is 55.5 Å². The topological polar surface area (TPSA) is 72.4 Å². The molecule has 1 aliphatic heterocycles. The highest BCUT2D eigenvalue weighted by molar-refractivity contribution is 7.99. The molecular formula is C23H17N3O3S. The van der Waals surface area contributed by atoms with Gasteiger partial charge in [-0.2, -0.15) is 4.98 Å². The molecule has 0 fully saturated rings. The Labute approximate surface area is 177 Å². The molecule has 7 heteroatoms.